The first-order valence-electron chi connectivity index (χ1n) is 7.78. The first kappa shape index (κ1) is 16.4. The second-order valence-corrected chi connectivity index (χ2v) is 6.81. The fourth-order valence-electron chi connectivity index (χ4n) is 3.17. The highest BCUT2D eigenvalue weighted by Crippen LogP contribution is 2.26. The summed E-state index contributed by atoms with van der Waals surface area (Å²) >= 11 is 5.16. The van der Waals surface area contributed by atoms with Crippen LogP contribution in [0.4, 0.5) is 0 Å². The third kappa shape index (κ3) is 5.06. The molecule has 0 bridgehead atoms. The van der Waals surface area contributed by atoms with Crippen LogP contribution in [0.15, 0.2) is 30.3 Å². The highest BCUT2D eigenvalue weighted by Gasteiger charge is 2.23. The van der Waals surface area contributed by atoms with E-state index < -0.39 is 0 Å². The minimum Gasteiger partial charge on any atom is -0.393 e. The van der Waals surface area contributed by atoms with Crippen LogP contribution in [0.25, 0.3) is 0 Å². The first-order chi connectivity index (χ1) is 10.1. The number of likely N-dealkylation sites (tertiary alicyclic amines) is 1. The van der Waals surface area contributed by atoms with Crippen molar-refractivity contribution in [3.63, 3.8) is 0 Å². The molecule has 1 fully saturated rings. The number of hydrogen-bond acceptors (Lipinski definition) is 3. The topological polar surface area (TPSA) is 32.5 Å². The normalized spacial score (nSPS) is 18.8. The van der Waals surface area contributed by atoms with Gasteiger partial charge in [0, 0.05) is 19.0 Å². The van der Waals surface area contributed by atoms with Crippen molar-refractivity contribution in [2.45, 2.75) is 25.3 Å². The van der Waals surface area contributed by atoms with Crippen molar-refractivity contribution in [3.05, 3.63) is 35.9 Å². The van der Waals surface area contributed by atoms with E-state index >= 15 is 0 Å². The number of hydrogen-bond donors (Lipinski definition) is 1. The third-order valence-electron chi connectivity index (χ3n) is 4.50. The highest BCUT2D eigenvalue weighted by atomic mass is 32.1. The lowest BCUT2D eigenvalue weighted by atomic mass is 9.94. The van der Waals surface area contributed by atoms with Gasteiger partial charge in [0.25, 0.3) is 0 Å². The Kier molecular flexibility index (Phi) is 6.15. The Morgan fingerprint density at radius 1 is 1.33 bits per heavy atom. The number of benzene rings is 1. The van der Waals surface area contributed by atoms with Gasteiger partial charge in [0.2, 0.25) is 0 Å². The molecule has 116 valence electrons. The molecule has 1 aliphatic heterocycles. The summed E-state index contributed by atoms with van der Waals surface area (Å²) in [7, 11) is 4.41. The Hall–Kier alpha value is -0.970. The minimum atomic E-state index is 0.295. The Bertz CT molecular complexity index is 441. The van der Waals surface area contributed by atoms with Gasteiger partial charge in [-0.1, -0.05) is 42.5 Å². The molecule has 3 nitrogen and oxygen atoms in total. The van der Waals surface area contributed by atoms with Crippen LogP contribution in [0.2, 0.25) is 0 Å². The van der Waals surface area contributed by atoms with Crippen LogP contribution in [0.5, 0.6) is 0 Å². The van der Waals surface area contributed by atoms with E-state index in [-0.39, 0.29) is 0 Å². The van der Waals surface area contributed by atoms with Gasteiger partial charge < -0.3 is 10.6 Å². The van der Waals surface area contributed by atoms with E-state index in [0.29, 0.717) is 11.0 Å². The Labute approximate surface area is 134 Å². The summed E-state index contributed by atoms with van der Waals surface area (Å²) in [5, 5.41) is 0. The number of nitrogens with two attached hydrogens (primary N) is 1. The van der Waals surface area contributed by atoms with Crippen molar-refractivity contribution in [3.8, 4) is 0 Å². The van der Waals surface area contributed by atoms with Gasteiger partial charge in [0.1, 0.15) is 0 Å². The van der Waals surface area contributed by atoms with E-state index in [1.165, 1.54) is 31.5 Å². The van der Waals surface area contributed by atoms with Crippen molar-refractivity contribution < 1.29 is 0 Å². The summed E-state index contributed by atoms with van der Waals surface area (Å²) in [5.41, 5.74) is 7.12. The Balaban J connectivity index is 2.00. The Morgan fingerprint density at radius 3 is 2.52 bits per heavy atom. The zero-order valence-corrected chi connectivity index (χ0v) is 14.0. The number of rotatable bonds is 6. The zero-order valence-electron chi connectivity index (χ0n) is 13.2. The molecule has 0 saturated carbocycles. The first-order valence-corrected chi connectivity index (χ1v) is 8.19. The van der Waals surface area contributed by atoms with Gasteiger partial charge >= 0.3 is 0 Å². The molecule has 21 heavy (non-hydrogen) atoms. The van der Waals surface area contributed by atoms with Gasteiger partial charge in [-0.3, -0.25) is 4.90 Å². The smallest absolute Gasteiger partial charge is 0.0746 e. The molecule has 1 atom stereocenters. The minimum absolute atomic E-state index is 0.295. The maximum absolute atomic E-state index is 5.82. The predicted molar refractivity (Wildman–Crippen MR) is 93.4 cm³/mol. The fraction of sp³-hybridized carbons (Fsp3) is 0.588. The maximum atomic E-state index is 5.82. The number of piperidine rings is 1. The van der Waals surface area contributed by atoms with Crippen molar-refractivity contribution >= 4 is 17.2 Å². The summed E-state index contributed by atoms with van der Waals surface area (Å²) in [6.45, 7) is 3.55. The fourth-order valence-corrected chi connectivity index (χ4v) is 3.33. The largest absolute Gasteiger partial charge is 0.393 e. The molecule has 1 unspecified atom stereocenters. The lowest BCUT2D eigenvalue weighted by Crippen LogP contribution is -2.37. The summed E-state index contributed by atoms with van der Waals surface area (Å²) < 4.78 is 0. The van der Waals surface area contributed by atoms with Crippen LogP contribution < -0.4 is 5.73 Å². The van der Waals surface area contributed by atoms with Gasteiger partial charge in [-0.15, -0.1) is 0 Å². The summed E-state index contributed by atoms with van der Waals surface area (Å²) in [4.78, 5) is 5.45. The predicted octanol–water partition coefficient (Wildman–Crippen LogP) is 2.68. The molecule has 0 radical (unpaired) electrons. The van der Waals surface area contributed by atoms with E-state index in [1.54, 1.807) is 0 Å². The molecular weight excluding hydrogens is 278 g/mol. The summed E-state index contributed by atoms with van der Waals surface area (Å²) in [6, 6.07) is 10.9. The molecular formula is C17H27N3S. The third-order valence-corrected chi connectivity index (χ3v) is 4.66. The lowest BCUT2D eigenvalue weighted by molar-refractivity contribution is 0.151. The van der Waals surface area contributed by atoms with Crippen LogP contribution >= 0.6 is 12.2 Å². The second kappa shape index (κ2) is 7.87. The van der Waals surface area contributed by atoms with Crippen LogP contribution in [0.3, 0.4) is 0 Å². The molecule has 1 aromatic rings. The molecule has 2 rings (SSSR count). The highest BCUT2D eigenvalue weighted by molar-refractivity contribution is 7.80. The SMILES string of the molecule is CN1CCC(CN(C)C(CC(N)=S)c2ccccc2)CC1. The van der Waals surface area contributed by atoms with E-state index in [2.05, 4.69) is 54.2 Å². The summed E-state index contributed by atoms with van der Waals surface area (Å²) in [6.07, 6.45) is 3.33. The zero-order chi connectivity index (χ0) is 15.2. The van der Waals surface area contributed by atoms with Crippen LogP contribution in [0.1, 0.15) is 30.9 Å². The van der Waals surface area contributed by atoms with Crippen molar-refractivity contribution in [1.29, 1.82) is 0 Å². The van der Waals surface area contributed by atoms with Crippen molar-refractivity contribution in [1.82, 2.24) is 9.80 Å². The number of thiocarbonyl (C=S) groups is 1. The Morgan fingerprint density at radius 2 is 1.95 bits per heavy atom. The van der Waals surface area contributed by atoms with Crippen LogP contribution in [-0.2, 0) is 0 Å². The van der Waals surface area contributed by atoms with Gasteiger partial charge in [0.05, 0.1) is 4.99 Å². The van der Waals surface area contributed by atoms with Gasteiger partial charge in [-0.05, 0) is 51.5 Å². The molecule has 0 amide bonds. The van der Waals surface area contributed by atoms with Crippen molar-refractivity contribution in [2.24, 2.45) is 11.7 Å². The van der Waals surface area contributed by atoms with Crippen LogP contribution in [0, 0.1) is 5.92 Å². The maximum Gasteiger partial charge on any atom is 0.0746 e. The van der Waals surface area contributed by atoms with Gasteiger partial charge in [-0.25, -0.2) is 0 Å². The molecule has 1 aromatic carbocycles. The monoisotopic (exact) mass is 305 g/mol. The average molecular weight is 305 g/mol. The molecule has 4 heteroatoms. The molecule has 0 spiro atoms. The van der Waals surface area contributed by atoms with E-state index in [9.17, 15) is 0 Å². The molecule has 1 saturated heterocycles. The lowest BCUT2D eigenvalue weighted by Gasteiger charge is -2.35. The molecule has 1 heterocycles. The van der Waals surface area contributed by atoms with Gasteiger partial charge in [0.15, 0.2) is 0 Å². The van der Waals surface area contributed by atoms with E-state index in [1.807, 2.05) is 0 Å². The van der Waals surface area contributed by atoms with E-state index in [0.717, 1.165) is 18.9 Å². The molecule has 2 N–H and O–H groups in total. The van der Waals surface area contributed by atoms with Crippen molar-refractivity contribution in [2.75, 3.05) is 33.7 Å². The van der Waals surface area contributed by atoms with E-state index in [4.69, 9.17) is 18.0 Å². The van der Waals surface area contributed by atoms with Crippen LogP contribution in [-0.4, -0.2) is 48.5 Å². The number of nitrogens with zero attached hydrogens (tertiary/aromatic N) is 2. The summed E-state index contributed by atoms with van der Waals surface area (Å²) in [5.74, 6) is 0.781. The molecule has 1 aliphatic rings. The molecule has 0 aromatic heterocycles. The van der Waals surface area contributed by atoms with Gasteiger partial charge in [-0.2, -0.15) is 0 Å². The second-order valence-electron chi connectivity index (χ2n) is 6.28. The molecule has 0 aliphatic carbocycles. The average Bonchev–Trinajstić information content (AvgIpc) is 2.48. The quantitative estimate of drug-likeness (QED) is 0.819. The standard InChI is InChI=1S/C17H27N3S/c1-19-10-8-14(9-11-19)13-20(2)16(12-17(18)21)15-6-4-3-5-7-15/h3-7,14,16H,8-13H2,1-2H3,(H2,18,21).